The minimum Gasteiger partial charge on any atom is -0.278 e. The average molecular weight is 842 g/mol. The number of rotatable bonds is 6. The highest BCUT2D eigenvalue weighted by Crippen LogP contribution is 2.41. The van der Waals surface area contributed by atoms with Gasteiger partial charge < -0.3 is 0 Å². The summed E-state index contributed by atoms with van der Waals surface area (Å²) in [6.45, 7) is 0. The van der Waals surface area contributed by atoms with Gasteiger partial charge in [-0.2, -0.15) is 15.0 Å². The summed E-state index contributed by atoms with van der Waals surface area (Å²) in [6.07, 6.45) is 0. The highest BCUT2D eigenvalue weighted by Gasteiger charge is 2.21. The third-order valence-electron chi connectivity index (χ3n) is 11.0. The van der Waals surface area contributed by atoms with E-state index in [2.05, 4.69) is 24.3 Å². The number of fused-ring (bicyclic) bond motifs is 9. The first kappa shape index (κ1) is 21.1. The molecule has 0 aliphatic heterocycles. The lowest BCUT2D eigenvalue weighted by Gasteiger charge is -2.13. The number of hydrogen-bond acceptors (Lipinski definition) is 4. The number of thiophene rings is 1. The summed E-state index contributed by atoms with van der Waals surface area (Å²) in [5.41, 5.74) is 0.553. The topological polar surface area (TPSA) is 48.5 Å². The van der Waals surface area contributed by atoms with Crippen LogP contribution in [0.1, 0.15) is 27.4 Å². The van der Waals surface area contributed by atoms with Crippen molar-refractivity contribution < 1.29 is 27.4 Å². The molecular formula is C57H35N5S. The van der Waals surface area contributed by atoms with Gasteiger partial charge in [0.2, 0.25) is 11.9 Å². The first-order valence-corrected chi connectivity index (χ1v) is 20.4. The molecule has 0 radical (unpaired) electrons. The monoisotopic (exact) mass is 841 g/mol. The molecule has 4 aromatic heterocycles. The molecule has 0 atom stereocenters. The molecule has 0 aliphatic rings. The van der Waals surface area contributed by atoms with Crippen molar-refractivity contribution in [3.8, 4) is 56.7 Å². The van der Waals surface area contributed by atoms with Crippen LogP contribution in [0, 0.1) is 0 Å². The molecule has 4 heterocycles. The van der Waals surface area contributed by atoms with Crippen LogP contribution in [0.4, 0.5) is 0 Å². The lowest BCUT2D eigenvalue weighted by Crippen LogP contribution is -2.10. The van der Waals surface area contributed by atoms with Gasteiger partial charge in [-0.25, -0.2) is 0 Å². The first-order valence-electron chi connectivity index (χ1n) is 29.6. The van der Waals surface area contributed by atoms with Gasteiger partial charge in [-0.15, -0.1) is 11.3 Å². The van der Waals surface area contributed by atoms with Gasteiger partial charge in [0.1, 0.15) is 0 Å². The summed E-state index contributed by atoms with van der Waals surface area (Å²) in [5, 5.41) is 0.758. The molecule has 294 valence electrons. The minimum atomic E-state index is -0.823. The van der Waals surface area contributed by atoms with E-state index in [1.807, 2.05) is 48.5 Å². The molecule has 6 heteroatoms. The van der Waals surface area contributed by atoms with Crippen molar-refractivity contribution in [2.24, 2.45) is 0 Å². The fourth-order valence-corrected chi connectivity index (χ4v) is 9.37. The summed E-state index contributed by atoms with van der Waals surface area (Å²) in [5.74, 6) is -1.38. The van der Waals surface area contributed by atoms with Gasteiger partial charge in [0.25, 0.3) is 0 Å². The van der Waals surface area contributed by atoms with E-state index in [0.29, 0.717) is 5.56 Å². The smallest absolute Gasteiger partial charge is 0.240 e. The average Bonchev–Trinajstić information content (AvgIpc) is 2.03. The van der Waals surface area contributed by atoms with E-state index in [1.165, 1.54) is 0 Å². The first-order chi connectivity index (χ1) is 39.5. The van der Waals surface area contributed by atoms with Crippen molar-refractivity contribution in [1.82, 2.24) is 24.1 Å². The zero-order chi connectivity index (χ0) is 58.8. The number of aromatic nitrogens is 5. The van der Waals surface area contributed by atoms with Crippen LogP contribution in [-0.4, -0.2) is 24.1 Å². The van der Waals surface area contributed by atoms with Gasteiger partial charge in [0, 0.05) is 47.3 Å². The number of hydrogen-bond donors (Lipinski definition) is 0. The normalized spacial score (nSPS) is 16.3. The maximum Gasteiger partial charge on any atom is 0.240 e. The number of para-hydroxylation sites is 3. The van der Waals surface area contributed by atoms with Crippen LogP contribution in [0.5, 0.6) is 0 Å². The van der Waals surface area contributed by atoms with Crippen LogP contribution in [0.25, 0.3) is 120 Å². The second-order valence-electron chi connectivity index (χ2n) is 14.5. The molecule has 0 unspecified atom stereocenters. The van der Waals surface area contributed by atoms with Crippen molar-refractivity contribution >= 4 is 75.1 Å². The summed E-state index contributed by atoms with van der Waals surface area (Å²) in [7, 11) is 0. The molecule has 0 N–H and O–H groups in total. The molecular weight excluding hydrogens is 787 g/mol. The van der Waals surface area contributed by atoms with Crippen molar-refractivity contribution in [3.63, 3.8) is 0 Å². The molecule has 63 heavy (non-hydrogen) atoms. The van der Waals surface area contributed by atoms with Crippen LogP contribution in [0.15, 0.2) is 212 Å². The third-order valence-corrected chi connectivity index (χ3v) is 12.1. The predicted molar refractivity (Wildman–Crippen MR) is 263 cm³/mol. The van der Waals surface area contributed by atoms with Gasteiger partial charge in [-0.05, 0) is 81.8 Å². The molecule has 0 aliphatic carbocycles. The zero-order valence-corrected chi connectivity index (χ0v) is 33.1. The number of nitrogens with zero attached hydrogens (tertiary/aromatic N) is 5. The van der Waals surface area contributed by atoms with Crippen LogP contribution < -0.4 is 0 Å². The lowest BCUT2D eigenvalue weighted by atomic mass is 9.95. The Hall–Kier alpha value is -8.19. The standard InChI is InChI=1S/C57H35N5S/c1-2-15-36(16-3-1)39-31-32-46-45-23-6-10-28-50(45)62(51(46)35-39)57-59-55(58-56(60-57)61-48-26-8-4-21-43(48)44-22-5-9-27-49(44)61)41-20-13-18-38(34-41)37-17-12-19-40(33-37)42-25-14-30-53-54(42)47-24-7-11-29-52(47)63-53/h1-35H/i1D,2D,3D,4D,5D,6D,8D,9D,10D,15D,16D,21D,22D,23D,26D,27D,28D,31D,32D,35D. The van der Waals surface area contributed by atoms with Gasteiger partial charge in [-0.1, -0.05) is 163 Å². The van der Waals surface area contributed by atoms with Gasteiger partial charge in [-0.3, -0.25) is 9.13 Å². The third kappa shape index (κ3) is 5.73. The molecule has 0 saturated heterocycles. The SMILES string of the molecule is [2H]c1c([2H])c([2H])c(-c2c([2H])c([2H])c3c4c([2H])c([2H])c([2H])c([2H])c4n(-c4nc(-c5cccc(-c6cccc(-c7cccc8sc9ccccc9c78)c6)c5)nc(-n5c6c([2H])c([2H])c([2H])c([2H])c6c6c([2H])c([2H])c([2H])c([2H])c65)n4)c3c2[2H])c([2H])c1[2H]. The van der Waals surface area contributed by atoms with Crippen molar-refractivity contribution in [1.29, 1.82) is 0 Å². The Bertz CT molecular complexity index is 5020. The fourth-order valence-electron chi connectivity index (χ4n) is 8.23. The van der Waals surface area contributed by atoms with Crippen LogP contribution in [0.3, 0.4) is 0 Å². The highest BCUT2D eigenvalue weighted by molar-refractivity contribution is 7.25. The molecule has 9 aromatic carbocycles. The Morgan fingerprint density at radius 2 is 0.921 bits per heavy atom. The predicted octanol–water partition coefficient (Wildman–Crippen LogP) is 15.1. The zero-order valence-electron chi connectivity index (χ0n) is 52.3. The van der Waals surface area contributed by atoms with E-state index >= 15 is 0 Å². The molecule has 13 rings (SSSR count). The van der Waals surface area contributed by atoms with Crippen LogP contribution >= 0.6 is 11.3 Å². The molecule has 0 bridgehead atoms. The van der Waals surface area contributed by atoms with Gasteiger partial charge in [0.15, 0.2) is 5.82 Å². The van der Waals surface area contributed by atoms with Gasteiger partial charge >= 0.3 is 0 Å². The Morgan fingerprint density at radius 1 is 0.381 bits per heavy atom. The van der Waals surface area contributed by atoms with E-state index in [1.54, 1.807) is 29.5 Å². The quantitative estimate of drug-likeness (QED) is 0.168. The minimum absolute atomic E-state index is 0.231. The summed E-state index contributed by atoms with van der Waals surface area (Å²) in [6, 6.07) is 14.0. The molecule has 0 fully saturated rings. The largest absolute Gasteiger partial charge is 0.278 e. The second-order valence-corrected chi connectivity index (χ2v) is 15.6. The lowest BCUT2D eigenvalue weighted by molar-refractivity contribution is 0.893. The second kappa shape index (κ2) is 14.2. The molecule has 0 spiro atoms. The maximum atomic E-state index is 9.95. The molecule has 0 amide bonds. The summed E-state index contributed by atoms with van der Waals surface area (Å²) >= 11 is 1.69. The molecule has 0 saturated carbocycles. The Morgan fingerprint density at radius 3 is 1.62 bits per heavy atom. The highest BCUT2D eigenvalue weighted by atomic mass is 32.1. The van der Waals surface area contributed by atoms with Crippen LogP contribution in [0.2, 0.25) is 0 Å². The fraction of sp³-hybridized carbons (Fsp3) is 0. The van der Waals surface area contributed by atoms with E-state index in [0.717, 1.165) is 46.0 Å². The Kier molecular flexibility index (Phi) is 4.75. The van der Waals surface area contributed by atoms with E-state index in [4.69, 9.17) is 32.8 Å². The summed E-state index contributed by atoms with van der Waals surface area (Å²) < 4.78 is 185. The Labute approximate surface area is 394 Å². The van der Waals surface area contributed by atoms with E-state index < -0.39 is 160 Å². The molecule has 13 aromatic rings. The number of benzene rings is 9. The van der Waals surface area contributed by atoms with Crippen molar-refractivity contribution in [3.05, 3.63) is 212 Å². The van der Waals surface area contributed by atoms with E-state index in [-0.39, 0.29) is 38.6 Å². The van der Waals surface area contributed by atoms with Gasteiger partial charge in [0.05, 0.1) is 49.5 Å². The van der Waals surface area contributed by atoms with E-state index in [9.17, 15) is 9.60 Å². The van der Waals surface area contributed by atoms with Crippen LogP contribution in [-0.2, 0) is 0 Å². The Balaban J connectivity index is 1.17. The maximum absolute atomic E-state index is 9.95. The summed E-state index contributed by atoms with van der Waals surface area (Å²) in [4.78, 5) is 14.7. The molecule has 5 nitrogen and oxygen atoms in total. The van der Waals surface area contributed by atoms with Crippen molar-refractivity contribution in [2.75, 3.05) is 0 Å². The van der Waals surface area contributed by atoms with Crippen molar-refractivity contribution in [2.45, 2.75) is 0 Å².